The molecule has 0 atom stereocenters. The van der Waals surface area contributed by atoms with E-state index in [0.29, 0.717) is 5.41 Å². The Morgan fingerprint density at radius 1 is 1.22 bits per heavy atom. The van der Waals surface area contributed by atoms with E-state index in [9.17, 15) is 18.0 Å². The SMILES string of the molecule is C=CC(=O)NC(=C)C=CS(=O)(=O)O.C=CC(N)=O. The van der Waals surface area contributed by atoms with E-state index < -0.39 is 21.9 Å². The van der Waals surface area contributed by atoms with Crippen LogP contribution in [0.3, 0.4) is 0 Å². The Balaban J connectivity index is 0. The van der Waals surface area contributed by atoms with Gasteiger partial charge in [0.2, 0.25) is 11.8 Å². The summed E-state index contributed by atoms with van der Waals surface area (Å²) in [6.07, 6.45) is 3.02. The fourth-order valence-electron chi connectivity index (χ4n) is 0.419. The van der Waals surface area contributed by atoms with Crippen LogP contribution in [-0.2, 0) is 19.7 Å². The molecule has 0 aliphatic heterocycles. The van der Waals surface area contributed by atoms with Gasteiger partial charge in [-0.25, -0.2) is 0 Å². The summed E-state index contributed by atoms with van der Waals surface area (Å²) in [6.45, 7) is 9.57. The second-order valence-corrected chi connectivity index (χ2v) is 3.94. The highest BCUT2D eigenvalue weighted by Crippen LogP contribution is 1.91. The van der Waals surface area contributed by atoms with Gasteiger partial charge in [0.1, 0.15) is 0 Å². The van der Waals surface area contributed by atoms with Gasteiger partial charge >= 0.3 is 0 Å². The van der Waals surface area contributed by atoms with Gasteiger partial charge in [0.05, 0.1) is 5.41 Å². The molecule has 0 aliphatic rings. The summed E-state index contributed by atoms with van der Waals surface area (Å²) in [5, 5.41) is 2.70. The first kappa shape index (κ1) is 18.2. The van der Waals surface area contributed by atoms with Crippen LogP contribution in [0.15, 0.2) is 49.1 Å². The molecule has 4 N–H and O–H groups in total. The lowest BCUT2D eigenvalue weighted by Crippen LogP contribution is -2.18. The fraction of sp³-hybridized carbons (Fsp3) is 0. The average molecular weight is 274 g/mol. The summed E-state index contributed by atoms with van der Waals surface area (Å²) < 4.78 is 28.6. The van der Waals surface area contributed by atoms with Gasteiger partial charge in [0, 0.05) is 5.70 Å². The number of carbonyl (C=O) groups excluding carboxylic acids is 2. The summed E-state index contributed by atoms with van der Waals surface area (Å²) in [7, 11) is -4.18. The zero-order valence-electron chi connectivity index (χ0n) is 9.50. The van der Waals surface area contributed by atoms with Gasteiger partial charge in [-0.15, -0.1) is 0 Å². The number of amides is 2. The zero-order valence-corrected chi connectivity index (χ0v) is 10.3. The number of allylic oxidation sites excluding steroid dienone is 1. The Kier molecular flexibility index (Phi) is 8.99. The van der Waals surface area contributed by atoms with Crippen molar-refractivity contribution in [3.05, 3.63) is 49.1 Å². The molecular formula is C10H14N2O5S. The van der Waals surface area contributed by atoms with Crippen molar-refractivity contribution in [2.75, 3.05) is 0 Å². The molecule has 0 bridgehead atoms. The molecule has 0 aliphatic carbocycles. The second kappa shape index (κ2) is 8.90. The minimum atomic E-state index is -4.18. The van der Waals surface area contributed by atoms with E-state index in [1.54, 1.807) is 0 Å². The molecule has 100 valence electrons. The van der Waals surface area contributed by atoms with Crippen molar-refractivity contribution in [2.45, 2.75) is 0 Å². The Hall–Kier alpha value is -2.19. The van der Waals surface area contributed by atoms with Crippen LogP contribution >= 0.6 is 0 Å². The van der Waals surface area contributed by atoms with Crippen molar-refractivity contribution in [2.24, 2.45) is 5.73 Å². The van der Waals surface area contributed by atoms with E-state index in [-0.39, 0.29) is 5.70 Å². The Bertz CT molecular complexity index is 476. The van der Waals surface area contributed by atoms with Crippen LogP contribution in [0.25, 0.3) is 0 Å². The number of nitrogens with two attached hydrogens (primary N) is 1. The van der Waals surface area contributed by atoms with E-state index in [1.165, 1.54) is 0 Å². The van der Waals surface area contributed by atoms with Crippen LogP contribution in [0.2, 0.25) is 0 Å². The molecule has 0 unspecified atom stereocenters. The molecule has 0 spiro atoms. The standard InChI is InChI=1S/C7H9NO4S.C3H5NO/c1-3-7(9)8-6(2)4-5-13(10,11)12;1-2-3(4)5/h3-5H,1-2H2,(H,8,9)(H,10,11,12);2H,1H2,(H2,4,5). The van der Waals surface area contributed by atoms with Gasteiger partial charge < -0.3 is 11.1 Å². The second-order valence-electron chi connectivity index (χ2n) is 2.64. The lowest BCUT2D eigenvalue weighted by Gasteiger charge is -1.98. The smallest absolute Gasteiger partial charge is 0.287 e. The lowest BCUT2D eigenvalue weighted by molar-refractivity contribution is -0.116. The summed E-state index contributed by atoms with van der Waals surface area (Å²) in [5.41, 5.74) is 4.58. The molecule has 0 aromatic rings. The van der Waals surface area contributed by atoms with Gasteiger partial charge in [-0.2, -0.15) is 8.42 Å². The van der Waals surface area contributed by atoms with Crippen LogP contribution in [0.5, 0.6) is 0 Å². The molecule has 0 radical (unpaired) electrons. The van der Waals surface area contributed by atoms with Crippen molar-refractivity contribution in [1.29, 1.82) is 0 Å². The minimum absolute atomic E-state index is 0.0440. The van der Waals surface area contributed by atoms with Crippen molar-refractivity contribution in [3.63, 3.8) is 0 Å². The van der Waals surface area contributed by atoms with Gasteiger partial charge in [-0.1, -0.05) is 19.7 Å². The highest BCUT2D eigenvalue weighted by Gasteiger charge is 1.97. The maximum Gasteiger partial charge on any atom is 0.287 e. The van der Waals surface area contributed by atoms with Crippen LogP contribution in [0.1, 0.15) is 0 Å². The van der Waals surface area contributed by atoms with Crippen LogP contribution < -0.4 is 11.1 Å². The topological polar surface area (TPSA) is 127 Å². The molecule has 0 aromatic carbocycles. The first-order chi connectivity index (χ1) is 8.12. The van der Waals surface area contributed by atoms with Crippen molar-refractivity contribution in [1.82, 2.24) is 5.32 Å². The van der Waals surface area contributed by atoms with E-state index in [2.05, 4.69) is 30.8 Å². The molecule has 2 amide bonds. The van der Waals surface area contributed by atoms with E-state index in [1.807, 2.05) is 0 Å². The zero-order chi connectivity index (χ0) is 14.8. The van der Waals surface area contributed by atoms with E-state index in [4.69, 9.17) is 4.55 Å². The summed E-state index contributed by atoms with van der Waals surface area (Å²) in [6, 6.07) is 0. The summed E-state index contributed by atoms with van der Waals surface area (Å²) >= 11 is 0. The molecular weight excluding hydrogens is 260 g/mol. The molecule has 0 heterocycles. The third kappa shape index (κ3) is 16.2. The number of nitrogens with one attached hydrogen (secondary N) is 1. The van der Waals surface area contributed by atoms with Crippen molar-refractivity contribution >= 4 is 21.9 Å². The third-order valence-corrected chi connectivity index (χ3v) is 1.59. The first-order valence-corrected chi connectivity index (χ1v) is 5.82. The maximum atomic E-state index is 10.6. The predicted octanol–water partition coefficient (Wildman–Crippen LogP) is -0.138. The number of rotatable bonds is 5. The van der Waals surface area contributed by atoms with Gasteiger partial charge in [0.25, 0.3) is 10.1 Å². The van der Waals surface area contributed by atoms with Crippen molar-refractivity contribution < 1.29 is 22.6 Å². The molecule has 7 nitrogen and oxygen atoms in total. The number of hydrogen-bond acceptors (Lipinski definition) is 4. The monoisotopic (exact) mass is 274 g/mol. The van der Waals surface area contributed by atoms with Crippen LogP contribution in [0.4, 0.5) is 0 Å². The highest BCUT2D eigenvalue weighted by molar-refractivity contribution is 7.88. The highest BCUT2D eigenvalue weighted by atomic mass is 32.2. The molecule has 8 heteroatoms. The third-order valence-electron chi connectivity index (χ3n) is 1.11. The normalized spacial score (nSPS) is 9.83. The first-order valence-electron chi connectivity index (χ1n) is 4.32. The number of carbonyl (C=O) groups is 2. The number of hydrogen-bond donors (Lipinski definition) is 3. The predicted molar refractivity (Wildman–Crippen MR) is 67.6 cm³/mol. The molecule has 0 aromatic heterocycles. The Morgan fingerprint density at radius 3 is 1.94 bits per heavy atom. The molecule has 18 heavy (non-hydrogen) atoms. The van der Waals surface area contributed by atoms with Crippen LogP contribution in [0, 0.1) is 0 Å². The lowest BCUT2D eigenvalue weighted by atomic mass is 10.4. The Morgan fingerprint density at radius 2 is 1.67 bits per heavy atom. The number of primary amides is 1. The average Bonchev–Trinajstić information content (AvgIpc) is 2.26. The molecule has 0 fully saturated rings. The van der Waals surface area contributed by atoms with Crippen LogP contribution in [-0.4, -0.2) is 24.8 Å². The van der Waals surface area contributed by atoms with Gasteiger partial charge in [-0.05, 0) is 18.2 Å². The molecule has 0 saturated heterocycles. The summed E-state index contributed by atoms with van der Waals surface area (Å²) in [4.78, 5) is 20.1. The largest absolute Gasteiger partial charge is 0.366 e. The molecule has 0 saturated carbocycles. The minimum Gasteiger partial charge on any atom is -0.366 e. The van der Waals surface area contributed by atoms with E-state index >= 15 is 0 Å². The molecule has 0 rings (SSSR count). The Labute approximate surface area is 105 Å². The quantitative estimate of drug-likeness (QED) is 0.365. The fourth-order valence-corrected chi connectivity index (χ4v) is 0.755. The maximum absolute atomic E-state index is 10.6. The summed E-state index contributed by atoms with van der Waals surface area (Å²) in [5.74, 6) is -0.991. The van der Waals surface area contributed by atoms with Gasteiger partial charge in [0.15, 0.2) is 0 Å². The van der Waals surface area contributed by atoms with E-state index in [0.717, 1.165) is 18.2 Å². The van der Waals surface area contributed by atoms with Gasteiger partial charge in [-0.3, -0.25) is 14.1 Å². The van der Waals surface area contributed by atoms with Crippen molar-refractivity contribution in [3.8, 4) is 0 Å².